The first-order chi connectivity index (χ1) is 16.3. The van der Waals surface area contributed by atoms with E-state index in [-0.39, 0.29) is 5.82 Å². The van der Waals surface area contributed by atoms with Gasteiger partial charge in [0.25, 0.3) is 5.92 Å². The molecule has 1 saturated carbocycles. The number of nitrogens with zero attached hydrogens (tertiary/aromatic N) is 5. The average molecular weight is 464 g/mol. The maximum Gasteiger partial charge on any atom is 0.260 e. The van der Waals surface area contributed by atoms with Gasteiger partial charge < -0.3 is 10.4 Å². The number of anilines is 1. The van der Waals surface area contributed by atoms with Crippen molar-refractivity contribution in [3.63, 3.8) is 0 Å². The van der Waals surface area contributed by atoms with Crippen molar-refractivity contribution in [1.82, 2.24) is 24.7 Å². The van der Waals surface area contributed by atoms with Crippen LogP contribution in [0.3, 0.4) is 0 Å². The second-order valence-corrected chi connectivity index (χ2v) is 8.43. The van der Waals surface area contributed by atoms with Crippen LogP contribution in [0.1, 0.15) is 37.1 Å². The van der Waals surface area contributed by atoms with E-state index in [1.54, 1.807) is 35.4 Å². The molecule has 1 aliphatic rings. The monoisotopic (exact) mass is 464 g/mol. The van der Waals surface area contributed by atoms with Gasteiger partial charge in [-0.25, -0.2) is 23.4 Å². The van der Waals surface area contributed by atoms with Gasteiger partial charge in [0.1, 0.15) is 11.7 Å². The second-order valence-electron chi connectivity index (χ2n) is 8.43. The van der Waals surface area contributed by atoms with E-state index < -0.39 is 30.3 Å². The molecule has 34 heavy (non-hydrogen) atoms. The molecule has 8 nitrogen and oxygen atoms in total. The highest BCUT2D eigenvalue weighted by atomic mass is 19.3. The van der Waals surface area contributed by atoms with Crippen molar-refractivity contribution in [2.24, 2.45) is 5.92 Å². The van der Waals surface area contributed by atoms with Crippen LogP contribution < -0.4 is 5.32 Å². The molecule has 2 atom stereocenters. The number of aromatic nitrogens is 5. The van der Waals surface area contributed by atoms with Crippen molar-refractivity contribution in [3.8, 4) is 16.9 Å². The first-order valence-corrected chi connectivity index (χ1v) is 10.9. The van der Waals surface area contributed by atoms with Gasteiger partial charge in [-0.3, -0.25) is 9.78 Å². The molecule has 0 spiro atoms. The Hall–Kier alpha value is -3.79. The zero-order valence-corrected chi connectivity index (χ0v) is 18.5. The molecule has 0 bridgehead atoms. The molecule has 1 aliphatic carbocycles. The minimum absolute atomic E-state index is 0.155. The Morgan fingerprint density at radius 2 is 2.06 bits per heavy atom. The predicted molar refractivity (Wildman–Crippen MR) is 122 cm³/mol. The lowest BCUT2D eigenvalue weighted by Crippen LogP contribution is -2.18. The molecular weight excluding hydrogens is 442 g/mol. The average Bonchev–Trinajstić information content (AvgIpc) is 3.20. The fraction of sp³-hybridized carbons (Fsp3) is 0.292. The molecule has 4 aromatic heterocycles. The lowest BCUT2D eigenvalue weighted by Gasteiger charge is -2.15. The van der Waals surface area contributed by atoms with Crippen molar-refractivity contribution >= 4 is 22.6 Å². The number of hydrogen-bond acceptors (Lipinski definition) is 6. The first-order valence-electron chi connectivity index (χ1n) is 10.9. The van der Waals surface area contributed by atoms with Crippen LogP contribution in [0.25, 0.3) is 27.8 Å². The normalized spacial score (nSPS) is 17.5. The highest BCUT2D eigenvalue weighted by molar-refractivity contribution is 5.96. The molecule has 0 radical (unpaired) electrons. The molecular formula is C24H22F2N6O2. The predicted octanol–water partition coefficient (Wildman–Crippen LogP) is 4.22. The minimum Gasteiger partial charge on any atom is -0.387 e. The van der Waals surface area contributed by atoms with E-state index >= 15 is 0 Å². The van der Waals surface area contributed by atoms with Crippen LogP contribution in [0.15, 0.2) is 49.1 Å². The molecule has 0 saturated heterocycles. The number of nitrogens with one attached hydrogen (secondary N) is 1. The number of fused-ring (bicyclic) bond motifs is 1. The Morgan fingerprint density at radius 1 is 1.26 bits per heavy atom. The Bertz CT molecular complexity index is 1390. The van der Waals surface area contributed by atoms with E-state index in [1.165, 1.54) is 6.20 Å². The highest BCUT2D eigenvalue weighted by Crippen LogP contribution is 2.49. The summed E-state index contributed by atoms with van der Waals surface area (Å²) in [6.45, 7) is 3.82. The van der Waals surface area contributed by atoms with Crippen LogP contribution >= 0.6 is 0 Å². The highest BCUT2D eigenvalue weighted by Gasteiger charge is 2.61. The van der Waals surface area contributed by atoms with Crippen LogP contribution in [0.2, 0.25) is 0 Å². The standard InChI is InChI=1S/C24H22F2N6O2/c1-3-20(33)19-7-13(2)16(12-27-19)15-8-14-11-28-21(31-23(34)17-10-24(17,25)26)9-18(14)30-22(15)32-6-4-5-29-32/h4-9,11-12,17,20,33H,3,10H2,1-2H3,(H,28,31,34)/t17-,20+/m1/s1. The number of alkyl halides is 2. The van der Waals surface area contributed by atoms with Crippen molar-refractivity contribution < 1.29 is 18.7 Å². The maximum atomic E-state index is 13.2. The number of aryl methyl sites for hydroxylation is 1. The van der Waals surface area contributed by atoms with Crippen LogP contribution in [-0.4, -0.2) is 41.7 Å². The zero-order valence-electron chi connectivity index (χ0n) is 18.5. The lowest BCUT2D eigenvalue weighted by atomic mass is 10.00. The van der Waals surface area contributed by atoms with Crippen molar-refractivity contribution in [2.45, 2.75) is 38.7 Å². The van der Waals surface area contributed by atoms with Gasteiger partial charge in [-0.15, -0.1) is 0 Å². The zero-order chi connectivity index (χ0) is 24.0. The molecule has 174 valence electrons. The van der Waals surface area contributed by atoms with Crippen LogP contribution in [0, 0.1) is 12.8 Å². The molecule has 4 aromatic rings. The number of amides is 1. The third-order valence-corrected chi connectivity index (χ3v) is 5.94. The summed E-state index contributed by atoms with van der Waals surface area (Å²) in [7, 11) is 0. The summed E-state index contributed by atoms with van der Waals surface area (Å²) in [4.78, 5) is 25.5. The number of halogens is 2. The number of hydrogen-bond donors (Lipinski definition) is 2. The quantitative estimate of drug-likeness (QED) is 0.443. The number of pyridine rings is 3. The van der Waals surface area contributed by atoms with Gasteiger partial charge in [-0.05, 0) is 37.1 Å². The number of aliphatic hydroxyl groups excluding tert-OH is 1. The third kappa shape index (κ3) is 4.01. The van der Waals surface area contributed by atoms with E-state index in [4.69, 9.17) is 4.98 Å². The van der Waals surface area contributed by atoms with E-state index in [0.717, 1.165) is 16.7 Å². The smallest absolute Gasteiger partial charge is 0.260 e. The van der Waals surface area contributed by atoms with E-state index in [0.29, 0.717) is 28.8 Å². The Balaban J connectivity index is 1.57. The van der Waals surface area contributed by atoms with Crippen molar-refractivity contribution in [2.75, 3.05) is 5.32 Å². The summed E-state index contributed by atoms with van der Waals surface area (Å²) in [6, 6.07) is 7.07. The van der Waals surface area contributed by atoms with E-state index in [9.17, 15) is 18.7 Å². The summed E-state index contributed by atoms with van der Waals surface area (Å²) in [5.41, 5.74) is 3.61. The third-order valence-electron chi connectivity index (χ3n) is 5.94. The molecule has 10 heteroatoms. The SMILES string of the molecule is CC[C@H](O)c1cc(C)c(-c2cc3cnc(NC(=O)[C@H]4CC4(F)F)cc3nc2-n2cccn2)cn1. The topological polar surface area (TPSA) is 106 Å². The number of carbonyl (C=O) groups excluding carboxylic acids is 1. The first kappa shape index (κ1) is 22.0. The Labute approximate surface area is 193 Å². The molecule has 4 heterocycles. The Kier molecular flexibility index (Phi) is 5.32. The van der Waals surface area contributed by atoms with E-state index in [2.05, 4.69) is 20.4 Å². The molecule has 0 unspecified atom stereocenters. The molecule has 1 fully saturated rings. The number of aliphatic hydroxyl groups is 1. The van der Waals surface area contributed by atoms with Crippen LogP contribution in [-0.2, 0) is 4.79 Å². The molecule has 0 aromatic carbocycles. The van der Waals surface area contributed by atoms with Crippen LogP contribution in [0.4, 0.5) is 14.6 Å². The lowest BCUT2D eigenvalue weighted by molar-refractivity contribution is -0.119. The Morgan fingerprint density at radius 3 is 2.71 bits per heavy atom. The van der Waals surface area contributed by atoms with Gasteiger partial charge in [0, 0.05) is 53.8 Å². The van der Waals surface area contributed by atoms with Crippen LogP contribution in [0.5, 0.6) is 0 Å². The van der Waals surface area contributed by atoms with Gasteiger partial charge in [0.15, 0.2) is 5.82 Å². The van der Waals surface area contributed by atoms with Crippen molar-refractivity contribution in [3.05, 3.63) is 60.3 Å². The second kappa shape index (κ2) is 8.21. The summed E-state index contributed by atoms with van der Waals surface area (Å²) < 4.78 is 28.1. The maximum absolute atomic E-state index is 13.2. The summed E-state index contributed by atoms with van der Waals surface area (Å²) in [5.74, 6) is -4.33. The number of rotatable bonds is 6. The van der Waals surface area contributed by atoms with Gasteiger partial charge >= 0.3 is 0 Å². The largest absolute Gasteiger partial charge is 0.387 e. The fourth-order valence-electron chi connectivity index (χ4n) is 3.86. The number of carbonyl (C=O) groups is 1. The van der Waals surface area contributed by atoms with Gasteiger partial charge in [0.2, 0.25) is 5.91 Å². The van der Waals surface area contributed by atoms with Gasteiger partial charge in [-0.2, -0.15) is 5.10 Å². The fourth-order valence-corrected chi connectivity index (χ4v) is 3.86. The van der Waals surface area contributed by atoms with Gasteiger partial charge in [0.05, 0.1) is 17.3 Å². The molecule has 5 rings (SSSR count). The molecule has 1 amide bonds. The molecule has 2 N–H and O–H groups in total. The van der Waals surface area contributed by atoms with Crippen molar-refractivity contribution in [1.29, 1.82) is 0 Å². The summed E-state index contributed by atoms with van der Waals surface area (Å²) in [5, 5.41) is 17.6. The van der Waals surface area contributed by atoms with Gasteiger partial charge in [-0.1, -0.05) is 6.92 Å². The summed E-state index contributed by atoms with van der Waals surface area (Å²) in [6.07, 6.45) is 6.11. The molecule has 0 aliphatic heterocycles. The summed E-state index contributed by atoms with van der Waals surface area (Å²) >= 11 is 0. The minimum atomic E-state index is -2.95. The van der Waals surface area contributed by atoms with E-state index in [1.807, 2.05) is 26.0 Å².